The molecule has 0 amide bonds. The van der Waals surface area contributed by atoms with Gasteiger partial charge < -0.3 is 20.4 Å². The first kappa shape index (κ1) is 19.2. The first-order chi connectivity index (χ1) is 13.6. The summed E-state index contributed by atoms with van der Waals surface area (Å²) < 4.78 is 0. The normalized spacial score (nSPS) is 31.3. The molecule has 3 aliphatic carbocycles. The fourth-order valence-corrected chi connectivity index (χ4v) is 5.05. The molecular weight excluding hydrogens is 376 g/mol. The summed E-state index contributed by atoms with van der Waals surface area (Å²) in [5.74, 6) is -4.72. The molecule has 1 saturated carbocycles. The summed E-state index contributed by atoms with van der Waals surface area (Å²) in [6.45, 7) is 0. The third kappa shape index (κ3) is 2.32. The quantitative estimate of drug-likeness (QED) is 0.551. The van der Waals surface area contributed by atoms with Gasteiger partial charge in [-0.15, -0.1) is 0 Å². The van der Waals surface area contributed by atoms with Gasteiger partial charge in [0.05, 0.1) is 11.6 Å². The number of carbonyl (C=O) groups excluding carboxylic acids is 2. The molecule has 8 nitrogen and oxygen atoms in total. The summed E-state index contributed by atoms with van der Waals surface area (Å²) in [5.41, 5.74) is -2.50. The van der Waals surface area contributed by atoms with Crippen LogP contribution in [0.4, 0.5) is 0 Å². The molecule has 3 aliphatic rings. The summed E-state index contributed by atoms with van der Waals surface area (Å²) in [6.07, 6.45) is 0.458. The molecule has 0 radical (unpaired) electrons. The number of aliphatic hydroxyl groups excluding tert-OH is 2. The van der Waals surface area contributed by atoms with E-state index in [1.807, 2.05) is 0 Å². The molecule has 0 unspecified atom stereocenters. The van der Waals surface area contributed by atoms with Crippen LogP contribution in [-0.2, 0) is 16.0 Å². The molecule has 0 bridgehead atoms. The topological polar surface area (TPSA) is 142 Å². The molecule has 0 aromatic heterocycles. The number of aliphatic hydroxyl groups is 3. The highest BCUT2D eigenvalue weighted by molar-refractivity contribution is 6.15. The Kier molecular flexibility index (Phi) is 4.08. The van der Waals surface area contributed by atoms with Crippen molar-refractivity contribution in [2.45, 2.75) is 24.5 Å². The van der Waals surface area contributed by atoms with Gasteiger partial charge in [-0.05, 0) is 44.5 Å². The monoisotopic (exact) mass is 396 g/mol. The maximum atomic E-state index is 13.4. The van der Waals surface area contributed by atoms with Crippen molar-refractivity contribution in [3.05, 3.63) is 46.2 Å². The lowest BCUT2D eigenvalue weighted by Gasteiger charge is -2.49. The Labute approximate surface area is 166 Å². The Morgan fingerprint density at radius 2 is 1.90 bits per heavy atom. The minimum Gasteiger partial charge on any atom is -0.507 e. The van der Waals surface area contributed by atoms with Gasteiger partial charge in [-0.25, -0.2) is 0 Å². The summed E-state index contributed by atoms with van der Waals surface area (Å²) in [6, 6.07) is 5.36. The zero-order valence-corrected chi connectivity index (χ0v) is 15.9. The SMILES string of the molecule is CN(C)[C@@H]1C(=O)C(C#N)=C(O)[C@@]2(O)C(=O)C3=C(O)c4c(O)cccc4C[C@H]3C[C@@H]12. The lowest BCUT2D eigenvalue weighted by Crippen LogP contribution is -2.64. The number of phenolic OH excluding ortho intramolecular Hbond substituents is 1. The summed E-state index contributed by atoms with van der Waals surface area (Å²) in [4.78, 5) is 27.7. The molecule has 1 aromatic carbocycles. The predicted molar refractivity (Wildman–Crippen MR) is 101 cm³/mol. The molecule has 1 aromatic rings. The Morgan fingerprint density at radius 1 is 1.21 bits per heavy atom. The van der Waals surface area contributed by atoms with Crippen LogP contribution >= 0.6 is 0 Å². The number of benzene rings is 1. The van der Waals surface area contributed by atoms with Gasteiger partial charge in [0, 0.05) is 11.5 Å². The molecule has 150 valence electrons. The fourth-order valence-electron chi connectivity index (χ4n) is 5.05. The van der Waals surface area contributed by atoms with Crippen LogP contribution in [0, 0.1) is 23.2 Å². The number of Topliss-reactive ketones (excluding diaryl/α,β-unsaturated/α-hetero) is 2. The number of nitriles is 1. The number of ketones is 2. The lowest BCUT2D eigenvalue weighted by molar-refractivity contribution is -0.152. The van der Waals surface area contributed by atoms with E-state index < -0.39 is 52.1 Å². The maximum Gasteiger partial charge on any atom is 0.202 e. The standard InChI is InChI=1S/C21H20N2O6/c1-23(2)16-12-7-10-6-9-4-3-5-13(24)14(9)18(26)15(10)20(28)21(12,29)19(27)11(8-22)17(16)25/h3-5,10,12,16,24,26-27,29H,6-7H2,1-2H3/t10-,12-,16-,21+/m0/s1. The predicted octanol–water partition coefficient (Wildman–Crippen LogP) is 1.00. The number of nitrogens with zero attached hydrogens (tertiary/aromatic N) is 2. The van der Waals surface area contributed by atoms with E-state index in [-0.39, 0.29) is 23.3 Å². The molecule has 4 N–H and O–H groups in total. The van der Waals surface area contributed by atoms with E-state index in [0.29, 0.717) is 12.0 Å². The smallest absolute Gasteiger partial charge is 0.202 e. The van der Waals surface area contributed by atoms with Crippen LogP contribution in [0.3, 0.4) is 0 Å². The van der Waals surface area contributed by atoms with Crippen LogP contribution in [0.5, 0.6) is 5.75 Å². The number of hydrogen-bond donors (Lipinski definition) is 4. The Balaban J connectivity index is 1.97. The zero-order chi connectivity index (χ0) is 21.2. The van der Waals surface area contributed by atoms with E-state index in [4.69, 9.17) is 0 Å². The number of phenols is 1. The van der Waals surface area contributed by atoms with Crippen molar-refractivity contribution in [3.8, 4) is 11.8 Å². The van der Waals surface area contributed by atoms with E-state index in [0.717, 1.165) is 0 Å². The van der Waals surface area contributed by atoms with E-state index in [9.17, 15) is 35.3 Å². The van der Waals surface area contributed by atoms with Crippen LogP contribution in [0.15, 0.2) is 35.1 Å². The molecule has 1 fully saturated rings. The molecular formula is C21H20N2O6. The van der Waals surface area contributed by atoms with Gasteiger partial charge in [0.1, 0.15) is 23.2 Å². The van der Waals surface area contributed by atoms with Crippen LogP contribution in [0.25, 0.3) is 5.76 Å². The van der Waals surface area contributed by atoms with E-state index >= 15 is 0 Å². The average Bonchev–Trinajstić information content (AvgIpc) is 2.65. The first-order valence-corrected chi connectivity index (χ1v) is 9.20. The molecule has 29 heavy (non-hydrogen) atoms. The van der Waals surface area contributed by atoms with Crippen molar-refractivity contribution >= 4 is 17.3 Å². The Hall–Kier alpha value is -3.15. The summed E-state index contributed by atoms with van der Waals surface area (Å²) in [7, 11) is 3.20. The lowest BCUT2D eigenvalue weighted by atomic mass is 9.57. The highest BCUT2D eigenvalue weighted by atomic mass is 16.3. The average molecular weight is 396 g/mol. The second-order valence-corrected chi connectivity index (χ2v) is 8.02. The number of hydrogen-bond acceptors (Lipinski definition) is 8. The second kappa shape index (κ2) is 6.17. The first-order valence-electron chi connectivity index (χ1n) is 9.20. The number of aromatic hydroxyl groups is 1. The highest BCUT2D eigenvalue weighted by Gasteiger charge is 2.63. The largest absolute Gasteiger partial charge is 0.507 e. The van der Waals surface area contributed by atoms with Gasteiger partial charge in [0.25, 0.3) is 0 Å². The van der Waals surface area contributed by atoms with Crippen molar-refractivity contribution in [2.24, 2.45) is 11.8 Å². The maximum absolute atomic E-state index is 13.4. The zero-order valence-electron chi connectivity index (χ0n) is 15.9. The van der Waals surface area contributed by atoms with Crippen molar-refractivity contribution in [1.82, 2.24) is 4.90 Å². The fraction of sp³-hybridized carbons (Fsp3) is 0.381. The van der Waals surface area contributed by atoms with Gasteiger partial charge in [-0.3, -0.25) is 14.5 Å². The van der Waals surface area contributed by atoms with E-state index in [1.54, 1.807) is 32.3 Å². The Bertz CT molecular complexity index is 1060. The second-order valence-electron chi connectivity index (χ2n) is 8.02. The molecule has 4 atom stereocenters. The summed E-state index contributed by atoms with van der Waals surface area (Å²) in [5, 5.41) is 52.2. The van der Waals surface area contributed by atoms with Gasteiger partial charge in [0.2, 0.25) is 5.78 Å². The molecule has 0 saturated heterocycles. The highest BCUT2D eigenvalue weighted by Crippen LogP contribution is 2.52. The third-order valence-corrected chi connectivity index (χ3v) is 6.32. The molecule has 0 aliphatic heterocycles. The third-order valence-electron chi connectivity index (χ3n) is 6.32. The van der Waals surface area contributed by atoms with Gasteiger partial charge >= 0.3 is 0 Å². The summed E-state index contributed by atoms with van der Waals surface area (Å²) >= 11 is 0. The molecule has 0 heterocycles. The molecule has 4 rings (SSSR count). The van der Waals surface area contributed by atoms with Gasteiger partial charge in [0.15, 0.2) is 17.1 Å². The van der Waals surface area contributed by atoms with Crippen LogP contribution in [-0.4, -0.2) is 62.6 Å². The molecule has 0 spiro atoms. The Morgan fingerprint density at radius 3 is 2.52 bits per heavy atom. The van der Waals surface area contributed by atoms with Crippen LogP contribution < -0.4 is 0 Å². The number of likely N-dealkylation sites (N-methyl/N-ethyl adjacent to an activating group) is 1. The van der Waals surface area contributed by atoms with E-state index in [2.05, 4.69) is 0 Å². The minimum absolute atomic E-state index is 0.103. The van der Waals surface area contributed by atoms with E-state index in [1.165, 1.54) is 11.0 Å². The van der Waals surface area contributed by atoms with Crippen LogP contribution in [0.1, 0.15) is 17.5 Å². The molecule has 8 heteroatoms. The number of fused-ring (bicyclic) bond motifs is 3. The number of carbonyl (C=O) groups is 2. The van der Waals surface area contributed by atoms with Crippen molar-refractivity contribution in [3.63, 3.8) is 0 Å². The van der Waals surface area contributed by atoms with Gasteiger partial charge in [-0.2, -0.15) is 5.26 Å². The van der Waals surface area contributed by atoms with Gasteiger partial charge in [-0.1, -0.05) is 12.1 Å². The van der Waals surface area contributed by atoms with Crippen molar-refractivity contribution < 1.29 is 30.0 Å². The van der Waals surface area contributed by atoms with Crippen LogP contribution in [0.2, 0.25) is 0 Å². The number of rotatable bonds is 1. The van der Waals surface area contributed by atoms with Crippen molar-refractivity contribution in [2.75, 3.05) is 14.1 Å². The minimum atomic E-state index is -2.50. The van der Waals surface area contributed by atoms with Crippen molar-refractivity contribution in [1.29, 1.82) is 5.26 Å².